The van der Waals surface area contributed by atoms with Crippen LogP contribution in [-0.4, -0.2) is 96.7 Å². The number of hydrogen-bond acceptors (Lipinski definition) is 15. The smallest absolute Gasteiger partial charge is 0.462 e. The second-order valence-electron chi connectivity index (χ2n) is 29.9. The number of aliphatic hydroxyl groups is 1. The highest BCUT2D eigenvalue weighted by Crippen LogP contribution is 2.45. The van der Waals surface area contributed by atoms with E-state index in [2.05, 4.69) is 41.5 Å². The van der Waals surface area contributed by atoms with Crippen molar-refractivity contribution in [3.63, 3.8) is 0 Å². The highest BCUT2D eigenvalue weighted by molar-refractivity contribution is 7.47. The molecule has 0 aromatic rings. The molecule has 17 nitrogen and oxygen atoms in total. The van der Waals surface area contributed by atoms with Gasteiger partial charge in [-0.1, -0.05) is 375 Å². The van der Waals surface area contributed by atoms with Crippen LogP contribution in [-0.2, 0) is 65.4 Å². The van der Waals surface area contributed by atoms with E-state index in [0.717, 1.165) is 102 Å². The van der Waals surface area contributed by atoms with Crippen molar-refractivity contribution in [2.45, 2.75) is 445 Å². The van der Waals surface area contributed by atoms with Crippen LogP contribution in [0.15, 0.2) is 0 Å². The Hall–Kier alpha value is -1.94. The van der Waals surface area contributed by atoms with Crippen LogP contribution in [0.1, 0.15) is 427 Å². The molecule has 0 amide bonds. The lowest BCUT2D eigenvalue weighted by molar-refractivity contribution is -0.161. The Kier molecular flexibility index (Phi) is 71.2. The van der Waals surface area contributed by atoms with Crippen LogP contribution in [0.3, 0.4) is 0 Å². The maximum absolute atomic E-state index is 13.1. The summed E-state index contributed by atoms with van der Waals surface area (Å²) in [7, 11) is -9.92. The number of carbonyl (C=O) groups excluding carboxylic acids is 4. The van der Waals surface area contributed by atoms with Gasteiger partial charge in [-0.3, -0.25) is 37.3 Å². The fraction of sp³-hybridized carbons (Fsp3) is 0.951. The molecular formula is C81H158O17P2. The molecule has 3 N–H and O–H groups in total. The fourth-order valence-electron chi connectivity index (χ4n) is 12.5. The van der Waals surface area contributed by atoms with Crippen molar-refractivity contribution in [1.29, 1.82) is 0 Å². The summed E-state index contributed by atoms with van der Waals surface area (Å²) in [6.45, 7) is 9.71. The summed E-state index contributed by atoms with van der Waals surface area (Å²) in [5.41, 5.74) is 0. The zero-order valence-electron chi connectivity index (χ0n) is 65.5. The topological polar surface area (TPSA) is 237 Å². The minimum absolute atomic E-state index is 0.107. The summed E-state index contributed by atoms with van der Waals surface area (Å²) in [6.07, 6.45) is 62.4. The molecule has 0 aromatic carbocycles. The van der Waals surface area contributed by atoms with E-state index in [1.807, 2.05) is 0 Å². The first-order valence-corrected chi connectivity index (χ1v) is 45.0. The quantitative estimate of drug-likeness (QED) is 0.0222. The number of unbranched alkanes of at least 4 members (excludes halogenated alkanes) is 49. The summed E-state index contributed by atoms with van der Waals surface area (Å²) in [4.78, 5) is 72.9. The van der Waals surface area contributed by atoms with E-state index in [4.69, 9.17) is 37.0 Å². The highest BCUT2D eigenvalue weighted by atomic mass is 31.2. The standard InChI is InChI=1S/C81H158O17P2/c1-7-10-12-14-16-18-32-41-47-53-59-65-80(85)97-76(69-91-78(83)63-57-51-45-39-19-17-15-13-11-8-2)71-95-99(87,88)93-67-75(82)68-94-100(89,90)96-72-77(70-92-79(84)64-58-52-46-40-35-30-27-26-29-34-38-44-50-56-62-74(6)9-3)98-81(86)66-60-54-48-42-36-31-25-23-21-20-22-24-28-33-37-43-49-55-61-73(4)5/h73-77,82H,7-72H2,1-6H3,(H,87,88)(H,89,90)/t74?,75-,76+,77+/m0/s1. The molecule has 0 saturated heterocycles. The van der Waals surface area contributed by atoms with Gasteiger partial charge in [-0.15, -0.1) is 0 Å². The maximum Gasteiger partial charge on any atom is 0.472 e. The molecule has 594 valence electrons. The molecule has 0 fully saturated rings. The lowest BCUT2D eigenvalue weighted by Gasteiger charge is -2.21. The van der Waals surface area contributed by atoms with Crippen LogP contribution in [0.25, 0.3) is 0 Å². The average Bonchev–Trinajstić information content (AvgIpc) is 0.954. The number of phosphoric ester groups is 2. The second kappa shape index (κ2) is 72.6. The van der Waals surface area contributed by atoms with Crippen LogP contribution < -0.4 is 0 Å². The van der Waals surface area contributed by atoms with Crippen LogP contribution in [0.5, 0.6) is 0 Å². The lowest BCUT2D eigenvalue weighted by atomic mass is 9.99. The number of rotatable bonds is 80. The first kappa shape index (κ1) is 98.1. The Morgan fingerprint density at radius 1 is 0.290 bits per heavy atom. The minimum Gasteiger partial charge on any atom is -0.462 e. The van der Waals surface area contributed by atoms with Crippen molar-refractivity contribution in [2.75, 3.05) is 39.6 Å². The molecule has 6 atom stereocenters. The average molecular weight is 1470 g/mol. The molecule has 19 heteroatoms. The number of carbonyl (C=O) groups is 4. The lowest BCUT2D eigenvalue weighted by Crippen LogP contribution is -2.30. The molecular weight excluding hydrogens is 1310 g/mol. The minimum atomic E-state index is -4.96. The molecule has 0 spiro atoms. The molecule has 0 aromatic heterocycles. The number of ether oxygens (including phenoxy) is 4. The summed E-state index contributed by atoms with van der Waals surface area (Å²) in [6, 6.07) is 0. The van der Waals surface area contributed by atoms with Gasteiger partial charge in [-0.2, -0.15) is 0 Å². The molecule has 0 saturated carbocycles. The number of phosphoric acid groups is 2. The zero-order chi connectivity index (χ0) is 73.5. The van der Waals surface area contributed by atoms with Crippen LogP contribution >= 0.6 is 15.6 Å². The number of aliphatic hydroxyl groups excluding tert-OH is 1. The van der Waals surface area contributed by atoms with Crippen molar-refractivity contribution in [2.24, 2.45) is 11.8 Å². The fourth-order valence-corrected chi connectivity index (χ4v) is 14.1. The molecule has 0 bridgehead atoms. The van der Waals surface area contributed by atoms with E-state index in [0.29, 0.717) is 25.7 Å². The molecule has 0 heterocycles. The van der Waals surface area contributed by atoms with Gasteiger partial charge in [0.25, 0.3) is 0 Å². The van der Waals surface area contributed by atoms with Crippen LogP contribution in [0.2, 0.25) is 0 Å². The van der Waals surface area contributed by atoms with E-state index in [1.54, 1.807) is 0 Å². The Labute approximate surface area is 613 Å². The third-order valence-corrected chi connectivity index (χ3v) is 21.2. The van der Waals surface area contributed by atoms with Gasteiger partial charge in [-0.05, 0) is 37.5 Å². The predicted octanol–water partition coefficient (Wildman–Crippen LogP) is 24.3. The van der Waals surface area contributed by atoms with Crippen molar-refractivity contribution in [1.82, 2.24) is 0 Å². The van der Waals surface area contributed by atoms with Gasteiger partial charge in [0, 0.05) is 25.7 Å². The molecule has 0 rings (SSSR count). The van der Waals surface area contributed by atoms with Crippen LogP contribution in [0.4, 0.5) is 0 Å². The summed E-state index contributed by atoms with van der Waals surface area (Å²) >= 11 is 0. The van der Waals surface area contributed by atoms with E-state index >= 15 is 0 Å². The molecule has 3 unspecified atom stereocenters. The van der Waals surface area contributed by atoms with Crippen LogP contribution in [0, 0.1) is 11.8 Å². The van der Waals surface area contributed by atoms with Gasteiger partial charge in [-0.25, -0.2) is 9.13 Å². The van der Waals surface area contributed by atoms with Crippen molar-refractivity contribution in [3.05, 3.63) is 0 Å². The van der Waals surface area contributed by atoms with Gasteiger partial charge in [0.2, 0.25) is 0 Å². The van der Waals surface area contributed by atoms with E-state index < -0.39 is 97.5 Å². The van der Waals surface area contributed by atoms with Gasteiger partial charge < -0.3 is 33.8 Å². The Morgan fingerprint density at radius 2 is 0.510 bits per heavy atom. The second-order valence-corrected chi connectivity index (χ2v) is 32.8. The highest BCUT2D eigenvalue weighted by Gasteiger charge is 2.30. The largest absolute Gasteiger partial charge is 0.472 e. The van der Waals surface area contributed by atoms with Gasteiger partial charge in [0.1, 0.15) is 19.3 Å². The monoisotopic (exact) mass is 1470 g/mol. The third-order valence-electron chi connectivity index (χ3n) is 19.3. The number of hydrogen-bond donors (Lipinski definition) is 3. The maximum atomic E-state index is 13.1. The molecule has 0 aliphatic carbocycles. The van der Waals surface area contributed by atoms with Crippen molar-refractivity contribution >= 4 is 39.5 Å². The summed E-state index contributed by atoms with van der Waals surface area (Å²) < 4.78 is 68.7. The van der Waals surface area contributed by atoms with E-state index in [1.165, 1.54) is 244 Å². The van der Waals surface area contributed by atoms with Gasteiger partial charge in [0.05, 0.1) is 26.4 Å². The first-order chi connectivity index (χ1) is 48.4. The van der Waals surface area contributed by atoms with Gasteiger partial charge in [0.15, 0.2) is 12.2 Å². The van der Waals surface area contributed by atoms with Gasteiger partial charge >= 0.3 is 39.5 Å². The van der Waals surface area contributed by atoms with E-state index in [-0.39, 0.29) is 25.7 Å². The van der Waals surface area contributed by atoms with Crippen molar-refractivity contribution < 1.29 is 80.2 Å². The zero-order valence-corrected chi connectivity index (χ0v) is 67.3. The molecule has 0 aliphatic rings. The molecule has 0 aliphatic heterocycles. The summed E-state index contributed by atoms with van der Waals surface area (Å²) in [5, 5.41) is 10.6. The Morgan fingerprint density at radius 3 is 0.760 bits per heavy atom. The molecule has 100 heavy (non-hydrogen) atoms. The normalized spacial score (nSPS) is 14.2. The first-order valence-electron chi connectivity index (χ1n) is 42.0. The Balaban J connectivity index is 5.20. The third kappa shape index (κ3) is 73.0. The SMILES string of the molecule is CCCCCCCCCCCCCC(=O)O[C@H](COC(=O)CCCCCCCCCCCC)COP(=O)(O)OC[C@H](O)COP(=O)(O)OC[C@@H](COC(=O)CCCCCCCCCCCCCCCCC(C)CC)OC(=O)CCCCCCCCCCCCCCCCCCCCC(C)C. The van der Waals surface area contributed by atoms with Crippen molar-refractivity contribution in [3.8, 4) is 0 Å². The van der Waals surface area contributed by atoms with E-state index in [9.17, 15) is 43.2 Å². The molecule has 0 radical (unpaired) electrons. The summed E-state index contributed by atoms with van der Waals surface area (Å²) in [5.74, 6) is -0.438. The predicted molar refractivity (Wildman–Crippen MR) is 409 cm³/mol. The Bertz CT molecular complexity index is 1930. The number of esters is 4.